The predicted octanol–water partition coefficient (Wildman–Crippen LogP) is 3.20. The molecular weight excluding hydrogens is 418 g/mol. The number of fused-ring (bicyclic) bond motifs is 1. The molecule has 33 heavy (non-hydrogen) atoms. The molecule has 0 spiro atoms. The van der Waals surface area contributed by atoms with Gasteiger partial charge in [-0.15, -0.1) is 0 Å². The van der Waals surface area contributed by atoms with Crippen molar-refractivity contribution in [2.45, 2.75) is 52.7 Å². The van der Waals surface area contributed by atoms with Crippen molar-refractivity contribution < 1.29 is 14.3 Å². The molecule has 0 N–H and O–H groups in total. The molecule has 0 saturated carbocycles. The average Bonchev–Trinajstić information content (AvgIpc) is 3.26. The van der Waals surface area contributed by atoms with E-state index in [2.05, 4.69) is 23.8 Å². The van der Waals surface area contributed by atoms with Crippen LogP contribution >= 0.6 is 0 Å². The topological polar surface area (TPSA) is 70.9 Å². The van der Waals surface area contributed by atoms with Crippen LogP contribution in [0.4, 0.5) is 5.69 Å². The third-order valence-corrected chi connectivity index (χ3v) is 6.09. The molecule has 180 valence electrons. The molecule has 1 aliphatic heterocycles. The number of hydrogen-bond acceptors (Lipinski definition) is 5. The Kier molecular flexibility index (Phi) is 8.63. The van der Waals surface area contributed by atoms with Gasteiger partial charge in [-0.2, -0.15) is 5.10 Å². The zero-order chi connectivity index (χ0) is 24.0. The van der Waals surface area contributed by atoms with Crippen molar-refractivity contribution >= 4 is 17.5 Å². The molecule has 0 bridgehead atoms. The van der Waals surface area contributed by atoms with Gasteiger partial charge >= 0.3 is 0 Å². The zero-order valence-electron chi connectivity index (χ0n) is 20.5. The fraction of sp³-hybridized carbons (Fsp3) is 0.560. The molecule has 0 unspecified atom stereocenters. The lowest BCUT2D eigenvalue weighted by Gasteiger charge is -2.30. The number of benzene rings is 1. The molecule has 0 saturated heterocycles. The second-order valence-corrected chi connectivity index (χ2v) is 9.07. The van der Waals surface area contributed by atoms with Crippen molar-refractivity contribution in [1.29, 1.82) is 0 Å². The zero-order valence-corrected chi connectivity index (χ0v) is 20.5. The highest BCUT2D eigenvalue weighted by Crippen LogP contribution is 2.25. The Labute approximate surface area is 197 Å². The van der Waals surface area contributed by atoms with Gasteiger partial charge in [-0.05, 0) is 51.8 Å². The number of hydrogen-bond donors (Lipinski definition) is 0. The van der Waals surface area contributed by atoms with Crippen molar-refractivity contribution in [2.24, 2.45) is 0 Å². The van der Waals surface area contributed by atoms with Crippen LogP contribution in [0.5, 0.6) is 0 Å². The molecule has 0 atom stereocenters. The molecule has 2 aromatic rings. The molecule has 3 rings (SSSR count). The number of para-hydroxylation sites is 1. The second kappa shape index (κ2) is 11.4. The number of nitrogens with zero attached hydrogens (tertiary/aromatic N) is 5. The lowest BCUT2D eigenvalue weighted by molar-refractivity contribution is -0.122. The van der Waals surface area contributed by atoms with Crippen molar-refractivity contribution in [1.82, 2.24) is 19.6 Å². The van der Waals surface area contributed by atoms with Crippen molar-refractivity contribution in [3.05, 3.63) is 47.8 Å². The SMILES string of the molecule is COCC(=O)N1CCCN(C(C)C)CCN(C(=O)c2ccnn2C(C)C)Cc2ccccc21. The molecule has 1 aromatic heterocycles. The highest BCUT2D eigenvalue weighted by molar-refractivity contribution is 5.95. The molecule has 0 fully saturated rings. The lowest BCUT2D eigenvalue weighted by atomic mass is 10.1. The van der Waals surface area contributed by atoms with E-state index in [9.17, 15) is 9.59 Å². The van der Waals surface area contributed by atoms with Crippen LogP contribution in [0.25, 0.3) is 0 Å². The van der Waals surface area contributed by atoms with Gasteiger partial charge in [0.15, 0.2) is 0 Å². The molecule has 1 aliphatic rings. The van der Waals surface area contributed by atoms with E-state index in [0.29, 0.717) is 31.4 Å². The molecular formula is C25H37N5O3. The summed E-state index contributed by atoms with van der Waals surface area (Å²) in [6, 6.07) is 10.1. The lowest BCUT2D eigenvalue weighted by Crippen LogP contribution is -2.42. The van der Waals surface area contributed by atoms with Crippen LogP contribution in [-0.4, -0.2) is 77.3 Å². The standard InChI is InChI=1S/C25H37N5O3/c1-19(2)27-13-8-14-29(24(31)18-33-5)22-10-7-6-9-21(22)17-28(16-15-27)25(32)23-11-12-26-30(23)20(3)4/h6-7,9-12,19-20H,8,13-18H2,1-5H3. The summed E-state index contributed by atoms with van der Waals surface area (Å²) < 4.78 is 6.92. The number of carbonyl (C=O) groups is 2. The Balaban J connectivity index is 2.01. The van der Waals surface area contributed by atoms with E-state index < -0.39 is 0 Å². The minimum Gasteiger partial charge on any atom is -0.375 e. The third-order valence-electron chi connectivity index (χ3n) is 6.09. The quantitative estimate of drug-likeness (QED) is 0.692. The second-order valence-electron chi connectivity index (χ2n) is 9.07. The maximum Gasteiger partial charge on any atom is 0.272 e. The summed E-state index contributed by atoms with van der Waals surface area (Å²) in [5, 5.41) is 4.36. The van der Waals surface area contributed by atoms with Crippen LogP contribution in [0.2, 0.25) is 0 Å². The van der Waals surface area contributed by atoms with Crippen molar-refractivity contribution in [3.8, 4) is 0 Å². The number of aromatic nitrogens is 2. The molecule has 8 nitrogen and oxygen atoms in total. The summed E-state index contributed by atoms with van der Waals surface area (Å²) in [6.07, 6.45) is 2.52. The van der Waals surface area contributed by atoms with E-state index in [-0.39, 0.29) is 24.5 Å². The van der Waals surface area contributed by atoms with Crippen LogP contribution in [0.15, 0.2) is 36.5 Å². The summed E-state index contributed by atoms with van der Waals surface area (Å²) in [6.45, 7) is 11.6. The fourth-order valence-electron chi connectivity index (χ4n) is 4.31. The number of carbonyl (C=O) groups excluding carboxylic acids is 2. The molecule has 8 heteroatoms. The van der Waals surface area contributed by atoms with E-state index in [1.54, 1.807) is 16.9 Å². The van der Waals surface area contributed by atoms with E-state index in [1.165, 1.54) is 7.11 Å². The smallest absolute Gasteiger partial charge is 0.272 e. The number of amides is 2. The van der Waals surface area contributed by atoms with E-state index in [4.69, 9.17) is 4.74 Å². The Hall–Kier alpha value is -2.71. The maximum absolute atomic E-state index is 13.7. The van der Waals surface area contributed by atoms with E-state index in [0.717, 1.165) is 30.8 Å². The van der Waals surface area contributed by atoms with Gasteiger partial charge in [0.25, 0.3) is 11.8 Å². The monoisotopic (exact) mass is 455 g/mol. The summed E-state index contributed by atoms with van der Waals surface area (Å²) in [5.74, 6) is -0.121. The first kappa shape index (κ1) is 24.9. The first-order valence-electron chi connectivity index (χ1n) is 11.8. The summed E-state index contributed by atoms with van der Waals surface area (Å²) in [5.41, 5.74) is 2.37. The van der Waals surface area contributed by atoms with Crippen LogP contribution < -0.4 is 4.90 Å². The van der Waals surface area contributed by atoms with Crippen LogP contribution in [0.1, 0.15) is 56.2 Å². The highest BCUT2D eigenvalue weighted by atomic mass is 16.5. The fourth-order valence-corrected chi connectivity index (χ4v) is 4.31. The Morgan fingerprint density at radius 2 is 1.76 bits per heavy atom. The van der Waals surface area contributed by atoms with Gasteiger partial charge < -0.3 is 14.5 Å². The van der Waals surface area contributed by atoms with Gasteiger partial charge in [0, 0.05) is 63.8 Å². The minimum atomic E-state index is -0.0731. The summed E-state index contributed by atoms with van der Waals surface area (Å²) in [4.78, 5) is 32.7. The maximum atomic E-state index is 13.7. The molecule has 0 radical (unpaired) electrons. The largest absolute Gasteiger partial charge is 0.375 e. The van der Waals surface area contributed by atoms with Gasteiger partial charge in [-0.25, -0.2) is 0 Å². The average molecular weight is 456 g/mol. The Morgan fingerprint density at radius 3 is 2.45 bits per heavy atom. The molecule has 0 aliphatic carbocycles. The predicted molar refractivity (Wildman–Crippen MR) is 129 cm³/mol. The third kappa shape index (κ3) is 6.00. The van der Waals surface area contributed by atoms with Gasteiger partial charge in [-0.1, -0.05) is 18.2 Å². The molecule has 1 aromatic carbocycles. The first-order chi connectivity index (χ1) is 15.8. The number of methoxy groups -OCH3 is 1. The van der Waals surface area contributed by atoms with E-state index in [1.807, 2.05) is 47.9 Å². The van der Waals surface area contributed by atoms with Crippen molar-refractivity contribution in [3.63, 3.8) is 0 Å². The Bertz CT molecular complexity index is 940. The van der Waals surface area contributed by atoms with Crippen LogP contribution in [-0.2, 0) is 16.1 Å². The van der Waals surface area contributed by atoms with Gasteiger partial charge in [-0.3, -0.25) is 19.2 Å². The van der Waals surface area contributed by atoms with Gasteiger partial charge in [0.05, 0.1) is 0 Å². The van der Waals surface area contributed by atoms with Gasteiger partial charge in [0.1, 0.15) is 12.3 Å². The molecule has 2 heterocycles. The highest BCUT2D eigenvalue weighted by Gasteiger charge is 2.26. The van der Waals surface area contributed by atoms with Crippen molar-refractivity contribution in [2.75, 3.05) is 44.8 Å². The summed E-state index contributed by atoms with van der Waals surface area (Å²) in [7, 11) is 1.54. The van der Waals surface area contributed by atoms with Crippen LogP contribution in [0.3, 0.4) is 0 Å². The Morgan fingerprint density at radius 1 is 1.00 bits per heavy atom. The van der Waals surface area contributed by atoms with Crippen LogP contribution in [0, 0.1) is 0 Å². The summed E-state index contributed by atoms with van der Waals surface area (Å²) >= 11 is 0. The first-order valence-corrected chi connectivity index (χ1v) is 11.8. The van der Waals surface area contributed by atoms with E-state index >= 15 is 0 Å². The van der Waals surface area contributed by atoms with Gasteiger partial charge in [0.2, 0.25) is 0 Å². The number of anilines is 1. The minimum absolute atomic E-state index is 0.0262. The normalized spacial score (nSPS) is 16.1. The number of ether oxygens (including phenoxy) is 1. The number of rotatable bonds is 5. The molecule has 2 amide bonds.